The smallest absolute Gasteiger partial charge is 0.254 e. The van der Waals surface area contributed by atoms with E-state index in [9.17, 15) is 18.4 Å². The number of benzene rings is 2. The van der Waals surface area contributed by atoms with Gasteiger partial charge in [0.05, 0.1) is 5.56 Å². The average molecular weight is 346 g/mol. The summed E-state index contributed by atoms with van der Waals surface area (Å²) in [5.41, 5.74) is 1.69. The molecule has 0 aliphatic rings. The van der Waals surface area contributed by atoms with Crippen molar-refractivity contribution in [2.75, 3.05) is 11.9 Å². The van der Waals surface area contributed by atoms with Crippen LogP contribution in [0, 0.1) is 11.6 Å². The van der Waals surface area contributed by atoms with Gasteiger partial charge >= 0.3 is 0 Å². The van der Waals surface area contributed by atoms with Crippen molar-refractivity contribution in [3.05, 3.63) is 65.2 Å². The number of hydrogen-bond donors (Lipinski definition) is 2. The number of aryl methyl sites for hydroxylation is 1. The Balaban J connectivity index is 1.72. The van der Waals surface area contributed by atoms with Crippen LogP contribution < -0.4 is 10.6 Å². The van der Waals surface area contributed by atoms with Crippen molar-refractivity contribution in [3.8, 4) is 0 Å². The van der Waals surface area contributed by atoms with Crippen LogP contribution in [0.4, 0.5) is 14.5 Å². The van der Waals surface area contributed by atoms with Crippen LogP contribution in [-0.4, -0.2) is 18.4 Å². The Kier molecular flexibility index (Phi) is 6.62. The lowest BCUT2D eigenvalue weighted by Crippen LogP contribution is -2.26. The van der Waals surface area contributed by atoms with Gasteiger partial charge < -0.3 is 10.6 Å². The highest BCUT2D eigenvalue weighted by Crippen LogP contribution is 2.11. The summed E-state index contributed by atoms with van der Waals surface area (Å²) in [6.45, 7) is 2.28. The summed E-state index contributed by atoms with van der Waals surface area (Å²) in [6, 6.07) is 10.4. The largest absolute Gasteiger partial charge is 0.352 e. The van der Waals surface area contributed by atoms with E-state index in [4.69, 9.17) is 0 Å². The Labute approximate surface area is 145 Å². The number of hydrogen-bond acceptors (Lipinski definition) is 2. The monoisotopic (exact) mass is 346 g/mol. The molecule has 2 aromatic carbocycles. The molecular formula is C19H20F2N2O2. The van der Waals surface area contributed by atoms with Crippen LogP contribution in [-0.2, 0) is 11.2 Å². The van der Waals surface area contributed by atoms with E-state index in [0.717, 1.165) is 24.2 Å². The molecule has 132 valence electrons. The highest BCUT2D eigenvalue weighted by Gasteiger charge is 2.12. The molecule has 0 saturated heterocycles. The SMILES string of the molecule is CCc1ccc(NC(=O)CCCNC(=O)c2ccc(F)cc2F)cc1. The second-order valence-corrected chi connectivity index (χ2v) is 5.58. The average Bonchev–Trinajstić information content (AvgIpc) is 2.59. The van der Waals surface area contributed by atoms with E-state index in [1.807, 2.05) is 24.3 Å². The fourth-order valence-corrected chi connectivity index (χ4v) is 2.27. The fraction of sp³-hybridized carbons (Fsp3) is 0.263. The van der Waals surface area contributed by atoms with Gasteiger partial charge in [-0.1, -0.05) is 19.1 Å². The molecule has 2 N–H and O–H groups in total. The Bertz CT molecular complexity index is 746. The predicted octanol–water partition coefficient (Wildman–Crippen LogP) is 3.68. The molecule has 2 amide bonds. The zero-order chi connectivity index (χ0) is 18.2. The Hall–Kier alpha value is -2.76. The van der Waals surface area contributed by atoms with Crippen LogP contribution in [0.1, 0.15) is 35.7 Å². The highest BCUT2D eigenvalue weighted by atomic mass is 19.1. The van der Waals surface area contributed by atoms with Gasteiger partial charge in [0.25, 0.3) is 5.91 Å². The molecule has 6 heteroatoms. The lowest BCUT2D eigenvalue weighted by atomic mass is 10.1. The maximum atomic E-state index is 13.5. The minimum atomic E-state index is -0.911. The molecule has 2 rings (SSSR count). The standard InChI is InChI=1S/C19H20F2N2O2/c1-2-13-5-8-15(9-6-13)23-18(24)4-3-11-22-19(25)16-10-7-14(20)12-17(16)21/h5-10,12H,2-4,11H2,1H3,(H,22,25)(H,23,24). The van der Waals surface area contributed by atoms with Gasteiger partial charge in [-0.25, -0.2) is 8.78 Å². The molecular weight excluding hydrogens is 326 g/mol. The first kappa shape index (κ1) is 18.6. The molecule has 0 spiro atoms. The summed E-state index contributed by atoms with van der Waals surface area (Å²) in [4.78, 5) is 23.6. The lowest BCUT2D eigenvalue weighted by Gasteiger charge is -2.08. The molecule has 25 heavy (non-hydrogen) atoms. The van der Waals surface area contributed by atoms with Crippen LogP contribution in [0.5, 0.6) is 0 Å². The second-order valence-electron chi connectivity index (χ2n) is 5.58. The number of nitrogens with one attached hydrogen (secondary N) is 2. The first-order valence-corrected chi connectivity index (χ1v) is 8.11. The molecule has 4 nitrogen and oxygen atoms in total. The summed E-state index contributed by atoms with van der Waals surface area (Å²) >= 11 is 0. The molecule has 2 aromatic rings. The number of carbonyl (C=O) groups excluding carboxylic acids is 2. The number of anilines is 1. The number of rotatable bonds is 7. The van der Waals surface area contributed by atoms with Crippen molar-refractivity contribution in [3.63, 3.8) is 0 Å². The van der Waals surface area contributed by atoms with Gasteiger partial charge in [-0.3, -0.25) is 9.59 Å². The number of amides is 2. The van der Waals surface area contributed by atoms with Gasteiger partial charge in [0.1, 0.15) is 11.6 Å². The van der Waals surface area contributed by atoms with E-state index in [1.165, 1.54) is 5.56 Å². The third-order valence-corrected chi connectivity index (χ3v) is 3.69. The van der Waals surface area contributed by atoms with Crippen molar-refractivity contribution in [2.45, 2.75) is 26.2 Å². The second kappa shape index (κ2) is 8.92. The zero-order valence-electron chi connectivity index (χ0n) is 13.9. The number of halogens is 2. The van der Waals surface area contributed by atoms with Gasteiger partial charge in [-0.05, 0) is 42.7 Å². The van der Waals surface area contributed by atoms with Crippen molar-refractivity contribution in [1.82, 2.24) is 5.32 Å². The molecule has 0 fully saturated rings. The fourth-order valence-electron chi connectivity index (χ4n) is 2.27. The highest BCUT2D eigenvalue weighted by molar-refractivity contribution is 5.94. The quantitative estimate of drug-likeness (QED) is 0.752. The maximum absolute atomic E-state index is 13.5. The molecule has 0 aromatic heterocycles. The minimum absolute atomic E-state index is 0.161. The molecule has 0 aliphatic carbocycles. The van der Waals surface area contributed by atoms with Crippen LogP contribution in [0.25, 0.3) is 0 Å². The van der Waals surface area contributed by atoms with Crippen LogP contribution in [0.15, 0.2) is 42.5 Å². The Morgan fingerprint density at radius 1 is 1.04 bits per heavy atom. The zero-order valence-corrected chi connectivity index (χ0v) is 13.9. The molecule has 0 heterocycles. The van der Waals surface area contributed by atoms with Gasteiger partial charge in [-0.2, -0.15) is 0 Å². The summed E-state index contributed by atoms with van der Waals surface area (Å²) in [7, 11) is 0. The van der Waals surface area contributed by atoms with Crippen molar-refractivity contribution in [2.24, 2.45) is 0 Å². The van der Waals surface area contributed by atoms with E-state index in [1.54, 1.807) is 0 Å². The Morgan fingerprint density at radius 3 is 2.40 bits per heavy atom. The lowest BCUT2D eigenvalue weighted by molar-refractivity contribution is -0.116. The molecule has 0 aliphatic heterocycles. The van der Waals surface area contributed by atoms with E-state index in [0.29, 0.717) is 12.5 Å². The normalized spacial score (nSPS) is 10.4. The van der Waals surface area contributed by atoms with Crippen LogP contribution >= 0.6 is 0 Å². The van der Waals surface area contributed by atoms with Gasteiger partial charge in [-0.15, -0.1) is 0 Å². The Morgan fingerprint density at radius 2 is 1.76 bits per heavy atom. The van der Waals surface area contributed by atoms with Crippen molar-refractivity contribution < 1.29 is 18.4 Å². The van der Waals surface area contributed by atoms with E-state index in [-0.39, 0.29) is 24.4 Å². The van der Waals surface area contributed by atoms with Gasteiger partial charge in [0, 0.05) is 24.7 Å². The molecule has 0 radical (unpaired) electrons. The van der Waals surface area contributed by atoms with Crippen molar-refractivity contribution in [1.29, 1.82) is 0 Å². The molecule has 0 atom stereocenters. The number of carbonyl (C=O) groups is 2. The minimum Gasteiger partial charge on any atom is -0.352 e. The van der Waals surface area contributed by atoms with Gasteiger partial charge in [0.15, 0.2) is 0 Å². The molecule has 0 bridgehead atoms. The molecule has 0 unspecified atom stereocenters. The van der Waals surface area contributed by atoms with Crippen LogP contribution in [0.2, 0.25) is 0 Å². The first-order valence-electron chi connectivity index (χ1n) is 8.11. The summed E-state index contributed by atoms with van der Waals surface area (Å²) in [6.07, 6.45) is 1.57. The van der Waals surface area contributed by atoms with Gasteiger partial charge in [0.2, 0.25) is 5.91 Å². The summed E-state index contributed by atoms with van der Waals surface area (Å²) < 4.78 is 26.3. The van der Waals surface area contributed by atoms with E-state index in [2.05, 4.69) is 17.6 Å². The predicted molar refractivity (Wildman–Crippen MR) is 92.4 cm³/mol. The summed E-state index contributed by atoms with van der Waals surface area (Å²) in [5.74, 6) is -2.44. The van der Waals surface area contributed by atoms with Crippen LogP contribution in [0.3, 0.4) is 0 Å². The summed E-state index contributed by atoms with van der Waals surface area (Å²) in [5, 5.41) is 5.29. The van der Waals surface area contributed by atoms with Crippen molar-refractivity contribution >= 4 is 17.5 Å². The topological polar surface area (TPSA) is 58.2 Å². The third kappa shape index (κ3) is 5.67. The first-order chi connectivity index (χ1) is 12.0. The van der Waals surface area contributed by atoms with E-state index < -0.39 is 17.5 Å². The third-order valence-electron chi connectivity index (χ3n) is 3.69. The maximum Gasteiger partial charge on any atom is 0.254 e. The molecule has 0 saturated carbocycles. The van der Waals surface area contributed by atoms with E-state index >= 15 is 0 Å².